The van der Waals surface area contributed by atoms with Crippen molar-refractivity contribution in [3.63, 3.8) is 0 Å². The van der Waals surface area contributed by atoms with Gasteiger partial charge in [0.25, 0.3) is 0 Å². The van der Waals surface area contributed by atoms with Gasteiger partial charge in [0.15, 0.2) is 0 Å². The highest BCUT2D eigenvalue weighted by molar-refractivity contribution is 9.10. The molecule has 3 nitrogen and oxygen atoms in total. The van der Waals surface area contributed by atoms with Crippen molar-refractivity contribution in [1.82, 2.24) is 5.32 Å². The van der Waals surface area contributed by atoms with Crippen LogP contribution in [0.25, 0.3) is 0 Å². The van der Waals surface area contributed by atoms with Crippen LogP contribution in [-0.4, -0.2) is 25.9 Å². The number of halogens is 1. The number of rotatable bonds is 4. The second-order valence-corrected chi connectivity index (χ2v) is 5.83. The van der Waals surface area contributed by atoms with E-state index in [9.17, 15) is 0 Å². The molecule has 100 valence electrons. The maximum atomic E-state index is 6.14. The third-order valence-corrected chi connectivity index (χ3v) is 3.80. The molecule has 0 aliphatic carbocycles. The number of fused-ring (bicyclic) bond motifs is 1. The van der Waals surface area contributed by atoms with Crippen molar-refractivity contribution in [3.8, 4) is 5.75 Å². The second-order valence-electron chi connectivity index (χ2n) is 4.92. The molecule has 0 aromatic heterocycles. The number of benzene rings is 1. The summed E-state index contributed by atoms with van der Waals surface area (Å²) >= 11 is 3.49. The van der Waals surface area contributed by atoms with Crippen molar-refractivity contribution in [2.24, 2.45) is 0 Å². The zero-order valence-corrected chi connectivity index (χ0v) is 12.7. The van der Waals surface area contributed by atoms with Crippen LogP contribution in [0.15, 0.2) is 22.7 Å². The number of ether oxygens (including phenoxy) is 2. The molecule has 18 heavy (non-hydrogen) atoms. The predicted octanol–water partition coefficient (Wildman–Crippen LogP) is 3.29. The van der Waals surface area contributed by atoms with Crippen LogP contribution >= 0.6 is 15.9 Å². The lowest BCUT2D eigenvalue weighted by Crippen LogP contribution is -2.44. The van der Waals surface area contributed by atoms with Gasteiger partial charge in [-0.15, -0.1) is 0 Å². The minimum atomic E-state index is -0.266. The standard InChI is InChI=1S/C14H20BrNO2/c1-4-17-9-14(2)8-12(16-3)11-6-5-10(15)7-13(11)18-14/h5-7,12,16H,4,8-9H2,1-3H3. The molecule has 0 spiro atoms. The molecule has 0 fully saturated rings. The Hall–Kier alpha value is -0.580. The van der Waals surface area contributed by atoms with Crippen molar-refractivity contribution in [3.05, 3.63) is 28.2 Å². The molecule has 0 bridgehead atoms. The summed E-state index contributed by atoms with van der Waals surface area (Å²) in [5.41, 5.74) is 0.951. The molecule has 1 aromatic carbocycles. The van der Waals surface area contributed by atoms with Crippen molar-refractivity contribution < 1.29 is 9.47 Å². The molecule has 0 radical (unpaired) electrons. The van der Waals surface area contributed by atoms with Gasteiger partial charge in [-0.05, 0) is 33.0 Å². The first-order valence-corrected chi connectivity index (χ1v) is 7.11. The van der Waals surface area contributed by atoms with Gasteiger partial charge in [0.05, 0.1) is 6.61 Å². The first-order chi connectivity index (χ1) is 8.58. The van der Waals surface area contributed by atoms with Crippen LogP contribution in [0.1, 0.15) is 31.9 Å². The first-order valence-electron chi connectivity index (χ1n) is 6.31. The van der Waals surface area contributed by atoms with Crippen LogP contribution in [0.4, 0.5) is 0 Å². The molecule has 0 saturated heterocycles. The largest absolute Gasteiger partial charge is 0.485 e. The van der Waals surface area contributed by atoms with Crippen LogP contribution in [-0.2, 0) is 4.74 Å². The van der Waals surface area contributed by atoms with Crippen LogP contribution < -0.4 is 10.1 Å². The molecule has 1 aliphatic heterocycles. The summed E-state index contributed by atoms with van der Waals surface area (Å²) in [6, 6.07) is 6.51. The quantitative estimate of drug-likeness (QED) is 0.925. The zero-order chi connectivity index (χ0) is 13.2. The van der Waals surface area contributed by atoms with Gasteiger partial charge in [-0.2, -0.15) is 0 Å². The lowest BCUT2D eigenvalue weighted by molar-refractivity contribution is -0.0326. The zero-order valence-electron chi connectivity index (χ0n) is 11.1. The van der Waals surface area contributed by atoms with Gasteiger partial charge in [0.2, 0.25) is 0 Å². The molecular formula is C14H20BrNO2. The van der Waals surface area contributed by atoms with Crippen LogP contribution in [0, 0.1) is 0 Å². The lowest BCUT2D eigenvalue weighted by atomic mass is 9.89. The second kappa shape index (κ2) is 5.59. The highest BCUT2D eigenvalue weighted by Crippen LogP contribution is 2.40. The summed E-state index contributed by atoms with van der Waals surface area (Å²) in [4.78, 5) is 0. The Morgan fingerprint density at radius 1 is 1.56 bits per heavy atom. The van der Waals surface area contributed by atoms with Crippen LogP contribution in [0.3, 0.4) is 0 Å². The molecule has 2 rings (SSSR count). The molecule has 1 aliphatic rings. The van der Waals surface area contributed by atoms with E-state index in [1.165, 1.54) is 5.56 Å². The van der Waals surface area contributed by atoms with E-state index in [2.05, 4.69) is 40.3 Å². The lowest BCUT2D eigenvalue weighted by Gasteiger charge is -2.39. The van der Waals surface area contributed by atoms with Crippen molar-refractivity contribution in [2.75, 3.05) is 20.3 Å². The Kier molecular flexibility index (Phi) is 4.30. The van der Waals surface area contributed by atoms with Crippen molar-refractivity contribution >= 4 is 15.9 Å². The van der Waals surface area contributed by atoms with Crippen molar-refractivity contribution in [2.45, 2.75) is 31.9 Å². The van der Waals surface area contributed by atoms with E-state index in [1.54, 1.807) is 0 Å². The van der Waals surface area contributed by atoms with E-state index in [0.717, 1.165) is 16.6 Å². The van der Waals surface area contributed by atoms with Gasteiger partial charge < -0.3 is 14.8 Å². The minimum Gasteiger partial charge on any atom is -0.485 e. The molecule has 0 saturated carbocycles. The maximum absolute atomic E-state index is 6.14. The fraction of sp³-hybridized carbons (Fsp3) is 0.571. The molecule has 0 amide bonds. The Morgan fingerprint density at radius 2 is 2.33 bits per heavy atom. The smallest absolute Gasteiger partial charge is 0.131 e. The molecule has 1 aromatic rings. The molecule has 1 N–H and O–H groups in total. The van der Waals surface area contributed by atoms with E-state index >= 15 is 0 Å². The van der Waals surface area contributed by atoms with Crippen molar-refractivity contribution in [1.29, 1.82) is 0 Å². The van der Waals surface area contributed by atoms with Crippen LogP contribution in [0.2, 0.25) is 0 Å². The van der Waals surface area contributed by atoms with Gasteiger partial charge in [0.1, 0.15) is 11.4 Å². The fourth-order valence-corrected chi connectivity index (χ4v) is 2.74. The molecule has 4 heteroatoms. The Morgan fingerprint density at radius 3 is 3.00 bits per heavy atom. The molecule has 2 atom stereocenters. The van der Waals surface area contributed by atoms with Crippen LogP contribution in [0.5, 0.6) is 5.75 Å². The van der Waals surface area contributed by atoms with Gasteiger partial charge >= 0.3 is 0 Å². The number of nitrogens with one attached hydrogen (secondary N) is 1. The summed E-state index contributed by atoms with van der Waals surface area (Å²) < 4.78 is 12.7. The summed E-state index contributed by atoms with van der Waals surface area (Å²) in [5.74, 6) is 0.942. The molecular weight excluding hydrogens is 294 g/mol. The van der Waals surface area contributed by atoms with E-state index in [0.29, 0.717) is 19.3 Å². The topological polar surface area (TPSA) is 30.5 Å². The van der Waals surface area contributed by atoms with E-state index < -0.39 is 0 Å². The average Bonchev–Trinajstić information content (AvgIpc) is 2.35. The maximum Gasteiger partial charge on any atom is 0.131 e. The fourth-order valence-electron chi connectivity index (χ4n) is 2.40. The third-order valence-electron chi connectivity index (χ3n) is 3.30. The Labute approximate surface area is 117 Å². The summed E-state index contributed by atoms with van der Waals surface area (Å²) in [6.07, 6.45) is 0.915. The van der Waals surface area contributed by atoms with E-state index in [-0.39, 0.29) is 5.60 Å². The van der Waals surface area contributed by atoms with E-state index in [1.807, 2.05) is 20.0 Å². The number of hydrogen-bond acceptors (Lipinski definition) is 3. The first kappa shape index (κ1) is 13.8. The predicted molar refractivity (Wildman–Crippen MR) is 76.1 cm³/mol. The Balaban J connectivity index is 2.28. The molecule has 2 unspecified atom stereocenters. The van der Waals surface area contributed by atoms with Gasteiger partial charge in [0, 0.05) is 29.1 Å². The average molecular weight is 314 g/mol. The highest BCUT2D eigenvalue weighted by atomic mass is 79.9. The third kappa shape index (κ3) is 2.87. The normalized spacial score (nSPS) is 26.6. The SMILES string of the molecule is CCOCC1(C)CC(NC)c2ccc(Br)cc2O1. The van der Waals surface area contributed by atoms with Gasteiger partial charge in [-0.1, -0.05) is 22.0 Å². The summed E-state index contributed by atoms with van der Waals surface area (Å²) in [5, 5.41) is 3.36. The summed E-state index contributed by atoms with van der Waals surface area (Å²) in [7, 11) is 1.99. The van der Waals surface area contributed by atoms with E-state index in [4.69, 9.17) is 9.47 Å². The summed E-state index contributed by atoms with van der Waals surface area (Å²) in [6.45, 7) is 5.45. The molecule has 1 heterocycles. The Bertz CT molecular complexity index is 424. The monoisotopic (exact) mass is 313 g/mol. The number of hydrogen-bond donors (Lipinski definition) is 1. The van der Waals surface area contributed by atoms with Gasteiger partial charge in [-0.3, -0.25) is 0 Å². The highest BCUT2D eigenvalue weighted by Gasteiger charge is 2.37. The minimum absolute atomic E-state index is 0.266. The van der Waals surface area contributed by atoms with Gasteiger partial charge in [-0.25, -0.2) is 0 Å².